The first kappa shape index (κ1) is 19.4. The summed E-state index contributed by atoms with van der Waals surface area (Å²) in [4.78, 5) is 12.1. The van der Waals surface area contributed by atoms with E-state index in [9.17, 15) is 4.79 Å². The normalized spacial score (nSPS) is 15.6. The fourth-order valence-electron chi connectivity index (χ4n) is 3.21. The van der Waals surface area contributed by atoms with Crippen LogP contribution in [0.15, 0.2) is 28.7 Å². The third-order valence-corrected chi connectivity index (χ3v) is 5.30. The quantitative estimate of drug-likeness (QED) is 0.640. The Bertz CT molecular complexity index is 864. The van der Waals surface area contributed by atoms with Gasteiger partial charge in [-0.25, -0.2) is 0 Å². The van der Waals surface area contributed by atoms with Gasteiger partial charge in [0.15, 0.2) is 23.0 Å². The van der Waals surface area contributed by atoms with E-state index < -0.39 is 6.10 Å². The summed E-state index contributed by atoms with van der Waals surface area (Å²) in [6.45, 7) is 0. The lowest BCUT2D eigenvalue weighted by Gasteiger charge is -2.27. The number of halogens is 1. The second-order valence-corrected chi connectivity index (χ2v) is 6.92. The van der Waals surface area contributed by atoms with Gasteiger partial charge in [-0.15, -0.1) is 0 Å². The van der Waals surface area contributed by atoms with E-state index in [1.54, 1.807) is 28.4 Å². The summed E-state index contributed by atoms with van der Waals surface area (Å²) in [5.74, 6) is 2.17. The predicted molar refractivity (Wildman–Crippen MR) is 103 cm³/mol. The first-order valence-corrected chi connectivity index (χ1v) is 9.14. The SMILES string of the molecule is COc1cc(Br)c(CC2OC(=O)Cc3cc(OC)c(OC)cc32)cc1OC. The van der Waals surface area contributed by atoms with E-state index in [-0.39, 0.29) is 12.4 Å². The summed E-state index contributed by atoms with van der Waals surface area (Å²) in [5, 5.41) is 0. The molecule has 7 heteroatoms. The highest BCUT2D eigenvalue weighted by Gasteiger charge is 2.29. The van der Waals surface area contributed by atoms with Crippen LogP contribution < -0.4 is 18.9 Å². The van der Waals surface area contributed by atoms with E-state index in [1.807, 2.05) is 24.3 Å². The zero-order valence-corrected chi connectivity index (χ0v) is 17.2. The number of fused-ring (bicyclic) bond motifs is 1. The molecule has 0 aliphatic carbocycles. The summed E-state index contributed by atoms with van der Waals surface area (Å²) < 4.78 is 28.0. The molecule has 2 aromatic rings. The van der Waals surface area contributed by atoms with Crippen LogP contribution in [0.4, 0.5) is 0 Å². The smallest absolute Gasteiger partial charge is 0.310 e. The number of hydrogen-bond acceptors (Lipinski definition) is 6. The molecule has 2 aromatic carbocycles. The average Bonchev–Trinajstić information content (AvgIpc) is 2.67. The van der Waals surface area contributed by atoms with Crippen molar-refractivity contribution in [1.82, 2.24) is 0 Å². The maximum absolute atomic E-state index is 12.1. The Morgan fingerprint density at radius 1 is 0.926 bits per heavy atom. The number of hydrogen-bond donors (Lipinski definition) is 0. The van der Waals surface area contributed by atoms with Crippen LogP contribution in [0.1, 0.15) is 22.8 Å². The molecule has 1 unspecified atom stereocenters. The molecule has 1 atom stereocenters. The lowest BCUT2D eigenvalue weighted by atomic mass is 9.92. The molecule has 0 amide bonds. The van der Waals surface area contributed by atoms with Gasteiger partial charge in [-0.3, -0.25) is 4.79 Å². The van der Waals surface area contributed by atoms with Crippen molar-refractivity contribution in [3.05, 3.63) is 45.4 Å². The van der Waals surface area contributed by atoms with Gasteiger partial charge < -0.3 is 23.7 Å². The topological polar surface area (TPSA) is 63.2 Å². The number of cyclic esters (lactones) is 1. The first-order chi connectivity index (χ1) is 13.0. The second-order valence-electron chi connectivity index (χ2n) is 6.06. The molecular weight excluding hydrogens is 416 g/mol. The summed E-state index contributed by atoms with van der Waals surface area (Å²) in [6.07, 6.45) is 0.254. The van der Waals surface area contributed by atoms with Crippen LogP contribution in [-0.2, 0) is 22.4 Å². The largest absolute Gasteiger partial charge is 0.493 e. The van der Waals surface area contributed by atoms with Gasteiger partial charge in [0, 0.05) is 16.5 Å². The van der Waals surface area contributed by atoms with Crippen molar-refractivity contribution in [3.63, 3.8) is 0 Å². The number of ether oxygens (including phenoxy) is 5. The maximum atomic E-state index is 12.1. The number of rotatable bonds is 6. The van der Waals surface area contributed by atoms with Crippen molar-refractivity contribution in [2.45, 2.75) is 18.9 Å². The molecule has 0 fully saturated rings. The monoisotopic (exact) mass is 436 g/mol. The molecule has 0 saturated heterocycles. The molecule has 0 radical (unpaired) electrons. The van der Waals surface area contributed by atoms with Crippen LogP contribution in [0.2, 0.25) is 0 Å². The number of carbonyl (C=O) groups excluding carboxylic acids is 1. The Morgan fingerprint density at radius 2 is 1.48 bits per heavy atom. The molecular formula is C20H21BrO6. The van der Waals surface area contributed by atoms with Crippen LogP contribution in [0.5, 0.6) is 23.0 Å². The highest BCUT2D eigenvalue weighted by atomic mass is 79.9. The third-order valence-electron chi connectivity index (χ3n) is 4.56. The second kappa shape index (κ2) is 8.08. The van der Waals surface area contributed by atoms with E-state index in [0.29, 0.717) is 29.4 Å². The molecule has 0 aromatic heterocycles. The van der Waals surface area contributed by atoms with Gasteiger partial charge in [-0.1, -0.05) is 15.9 Å². The zero-order chi connectivity index (χ0) is 19.6. The highest BCUT2D eigenvalue weighted by molar-refractivity contribution is 9.10. The van der Waals surface area contributed by atoms with E-state index in [4.69, 9.17) is 23.7 Å². The van der Waals surface area contributed by atoms with E-state index >= 15 is 0 Å². The van der Waals surface area contributed by atoms with Crippen LogP contribution in [0.3, 0.4) is 0 Å². The van der Waals surface area contributed by atoms with Gasteiger partial charge >= 0.3 is 5.97 Å². The van der Waals surface area contributed by atoms with Gasteiger partial charge in [0.05, 0.1) is 34.9 Å². The number of benzene rings is 2. The predicted octanol–water partition coefficient (Wildman–Crippen LogP) is 3.87. The molecule has 0 saturated carbocycles. The van der Waals surface area contributed by atoms with Crippen LogP contribution in [0, 0.1) is 0 Å². The van der Waals surface area contributed by atoms with Gasteiger partial charge in [-0.2, -0.15) is 0 Å². The van der Waals surface area contributed by atoms with Crippen molar-refractivity contribution in [2.24, 2.45) is 0 Å². The minimum absolute atomic E-state index is 0.208. The van der Waals surface area contributed by atoms with Crippen molar-refractivity contribution < 1.29 is 28.5 Å². The Balaban J connectivity index is 2.01. The van der Waals surface area contributed by atoms with E-state index in [1.165, 1.54) is 0 Å². The average molecular weight is 437 g/mol. The minimum atomic E-state index is -0.435. The molecule has 144 valence electrons. The molecule has 1 heterocycles. The Labute approximate surface area is 166 Å². The van der Waals surface area contributed by atoms with Crippen molar-refractivity contribution in [1.29, 1.82) is 0 Å². The fraction of sp³-hybridized carbons (Fsp3) is 0.350. The molecule has 0 N–H and O–H groups in total. The number of esters is 1. The van der Waals surface area contributed by atoms with Crippen LogP contribution in [0.25, 0.3) is 0 Å². The molecule has 3 rings (SSSR count). The number of methoxy groups -OCH3 is 4. The zero-order valence-electron chi connectivity index (χ0n) is 15.6. The Hall–Kier alpha value is -2.41. The van der Waals surface area contributed by atoms with Gasteiger partial charge in [-0.05, 0) is 35.4 Å². The summed E-state index contributed by atoms with van der Waals surface area (Å²) in [6, 6.07) is 7.44. The van der Waals surface area contributed by atoms with Gasteiger partial charge in [0.2, 0.25) is 0 Å². The standard InChI is InChI=1S/C20H21BrO6/c1-23-16-5-11-8-20(22)27-15(13(11)9-18(16)25-3)6-12-7-17(24-2)19(26-4)10-14(12)21/h5,7,9-10,15H,6,8H2,1-4H3. The highest BCUT2D eigenvalue weighted by Crippen LogP contribution is 2.41. The van der Waals surface area contributed by atoms with Crippen LogP contribution in [-0.4, -0.2) is 34.4 Å². The van der Waals surface area contributed by atoms with E-state index in [2.05, 4.69) is 15.9 Å². The number of carbonyl (C=O) groups is 1. The van der Waals surface area contributed by atoms with Crippen molar-refractivity contribution in [3.8, 4) is 23.0 Å². The third kappa shape index (κ3) is 3.83. The van der Waals surface area contributed by atoms with Gasteiger partial charge in [0.25, 0.3) is 0 Å². The van der Waals surface area contributed by atoms with Gasteiger partial charge in [0.1, 0.15) is 6.10 Å². The van der Waals surface area contributed by atoms with Crippen LogP contribution >= 0.6 is 15.9 Å². The maximum Gasteiger partial charge on any atom is 0.310 e. The molecule has 1 aliphatic rings. The summed E-state index contributed by atoms with van der Waals surface area (Å²) >= 11 is 3.56. The van der Waals surface area contributed by atoms with E-state index in [0.717, 1.165) is 21.2 Å². The minimum Gasteiger partial charge on any atom is -0.493 e. The van der Waals surface area contributed by atoms with Crippen molar-refractivity contribution >= 4 is 21.9 Å². The molecule has 0 spiro atoms. The Morgan fingerprint density at radius 3 is 2.11 bits per heavy atom. The Kier molecular flexibility index (Phi) is 5.79. The molecule has 0 bridgehead atoms. The lowest BCUT2D eigenvalue weighted by molar-refractivity contribution is -0.150. The summed E-state index contributed by atoms with van der Waals surface area (Å²) in [7, 11) is 6.33. The molecule has 27 heavy (non-hydrogen) atoms. The molecule has 1 aliphatic heterocycles. The van der Waals surface area contributed by atoms with Crippen molar-refractivity contribution in [2.75, 3.05) is 28.4 Å². The summed E-state index contributed by atoms with van der Waals surface area (Å²) in [5.41, 5.74) is 2.73. The fourth-order valence-corrected chi connectivity index (χ4v) is 3.70. The first-order valence-electron chi connectivity index (χ1n) is 8.35. The lowest BCUT2D eigenvalue weighted by Crippen LogP contribution is -2.23. The molecule has 6 nitrogen and oxygen atoms in total.